The number of nitriles is 1. The number of rotatable bonds is 2. The number of benzene rings is 1. The molecule has 0 heterocycles. The largest absolute Gasteiger partial charge is 0.222 e. The summed E-state index contributed by atoms with van der Waals surface area (Å²) in [7, 11) is -3.69. The first-order valence-electron chi connectivity index (χ1n) is 5.85. The van der Waals surface area contributed by atoms with Gasteiger partial charge in [-0.25, -0.2) is 12.8 Å². The minimum Gasteiger partial charge on any atom is -0.222 e. The van der Waals surface area contributed by atoms with Gasteiger partial charge in [0.05, 0.1) is 11.0 Å². The zero-order valence-electron chi connectivity index (χ0n) is 9.69. The summed E-state index contributed by atoms with van der Waals surface area (Å²) in [5, 5.41) is 9.24. The Morgan fingerprint density at radius 3 is 2.17 bits per heavy atom. The summed E-state index contributed by atoms with van der Waals surface area (Å²) in [4.78, 5) is 0.0425. The zero-order valence-corrected chi connectivity index (χ0v) is 10.5. The van der Waals surface area contributed by atoms with Crippen LogP contribution in [0, 0.1) is 22.6 Å². The fraction of sp³-hybridized carbons (Fsp3) is 0.462. The second-order valence-electron chi connectivity index (χ2n) is 5.42. The van der Waals surface area contributed by atoms with Crippen LogP contribution in [0.4, 0.5) is 4.39 Å². The van der Waals surface area contributed by atoms with Gasteiger partial charge in [-0.2, -0.15) is 5.26 Å². The molecule has 0 aliphatic heterocycles. The van der Waals surface area contributed by atoms with Crippen molar-refractivity contribution in [1.29, 1.82) is 5.26 Å². The van der Waals surface area contributed by atoms with Crippen molar-refractivity contribution in [1.82, 2.24) is 0 Å². The van der Waals surface area contributed by atoms with E-state index in [1.54, 1.807) is 0 Å². The van der Waals surface area contributed by atoms with Gasteiger partial charge in [0.2, 0.25) is 0 Å². The lowest BCUT2D eigenvalue weighted by molar-refractivity contribution is 0.238. The molecule has 5 heteroatoms. The maximum atomic E-state index is 12.8. The Labute approximate surface area is 105 Å². The maximum absolute atomic E-state index is 12.8. The van der Waals surface area contributed by atoms with E-state index in [1.165, 1.54) is 12.1 Å². The molecule has 18 heavy (non-hydrogen) atoms. The average molecular weight is 265 g/mol. The summed E-state index contributed by atoms with van der Waals surface area (Å²) >= 11 is 0. The SMILES string of the molecule is N#CC1(S(=O)(=O)c2ccc(F)cc2)CC2(CC2)C1. The third kappa shape index (κ3) is 1.42. The molecule has 94 valence electrons. The molecule has 0 bridgehead atoms. The second kappa shape index (κ2) is 3.33. The van der Waals surface area contributed by atoms with Gasteiger partial charge in [-0.05, 0) is 55.4 Å². The molecular formula is C13H12FNO2S. The van der Waals surface area contributed by atoms with Crippen LogP contribution in [0.1, 0.15) is 25.7 Å². The summed E-state index contributed by atoms with van der Waals surface area (Å²) in [5.41, 5.74) is 0.114. The van der Waals surface area contributed by atoms with Crippen molar-refractivity contribution in [3.63, 3.8) is 0 Å². The summed E-state index contributed by atoms with van der Waals surface area (Å²) in [6.07, 6.45) is 2.90. The number of hydrogen-bond acceptors (Lipinski definition) is 3. The zero-order chi connectivity index (χ0) is 13.0. The van der Waals surface area contributed by atoms with Crippen LogP contribution in [0.2, 0.25) is 0 Å². The highest BCUT2D eigenvalue weighted by atomic mass is 32.2. The van der Waals surface area contributed by atoms with Gasteiger partial charge >= 0.3 is 0 Å². The van der Waals surface area contributed by atoms with E-state index in [0.29, 0.717) is 12.8 Å². The molecule has 0 unspecified atom stereocenters. The number of halogens is 1. The molecule has 0 radical (unpaired) electrons. The molecule has 0 aromatic heterocycles. The summed E-state index contributed by atoms with van der Waals surface area (Å²) < 4.78 is 36.4. The fourth-order valence-electron chi connectivity index (χ4n) is 2.86. The molecule has 2 saturated carbocycles. The first kappa shape index (κ1) is 11.7. The first-order chi connectivity index (χ1) is 8.43. The van der Waals surface area contributed by atoms with Crippen LogP contribution in [0.15, 0.2) is 29.2 Å². The molecule has 2 fully saturated rings. The van der Waals surface area contributed by atoms with E-state index >= 15 is 0 Å². The van der Waals surface area contributed by atoms with Crippen LogP contribution >= 0.6 is 0 Å². The van der Waals surface area contributed by atoms with Crippen molar-refractivity contribution in [3.05, 3.63) is 30.1 Å². The molecule has 2 aliphatic carbocycles. The number of hydrogen-bond donors (Lipinski definition) is 0. The predicted octanol–water partition coefficient (Wildman–Crippen LogP) is 2.44. The smallest absolute Gasteiger partial charge is 0.197 e. The minimum atomic E-state index is -3.69. The average Bonchev–Trinajstić information content (AvgIpc) is 3.07. The topological polar surface area (TPSA) is 57.9 Å². The third-order valence-corrected chi connectivity index (χ3v) is 6.42. The van der Waals surface area contributed by atoms with E-state index in [4.69, 9.17) is 0 Å². The van der Waals surface area contributed by atoms with Crippen LogP contribution < -0.4 is 0 Å². The molecule has 0 amide bonds. The Morgan fingerprint density at radius 2 is 1.72 bits per heavy atom. The predicted molar refractivity (Wildman–Crippen MR) is 62.8 cm³/mol. The highest BCUT2D eigenvalue weighted by molar-refractivity contribution is 7.93. The normalized spacial score (nSPS) is 23.1. The Bertz CT molecular complexity index is 631. The van der Waals surface area contributed by atoms with Gasteiger partial charge in [0.15, 0.2) is 14.6 Å². The molecule has 1 spiro atoms. The van der Waals surface area contributed by atoms with Crippen LogP contribution in [0.25, 0.3) is 0 Å². The highest BCUT2D eigenvalue weighted by Gasteiger charge is 2.67. The Balaban J connectivity index is 1.99. The van der Waals surface area contributed by atoms with Gasteiger partial charge in [-0.3, -0.25) is 0 Å². The van der Waals surface area contributed by atoms with Crippen LogP contribution in [-0.4, -0.2) is 13.2 Å². The molecule has 0 N–H and O–H groups in total. The van der Waals surface area contributed by atoms with Gasteiger partial charge < -0.3 is 0 Å². The van der Waals surface area contributed by atoms with Crippen molar-refractivity contribution >= 4 is 9.84 Å². The van der Waals surface area contributed by atoms with Crippen molar-refractivity contribution in [2.75, 3.05) is 0 Å². The van der Waals surface area contributed by atoms with E-state index in [2.05, 4.69) is 0 Å². The standard InChI is InChI=1S/C13H12FNO2S/c14-10-1-3-11(4-2-10)18(16,17)13(9-15)7-12(8-13)5-6-12/h1-4H,5-8H2. The Kier molecular flexibility index (Phi) is 2.16. The molecule has 3 nitrogen and oxygen atoms in total. The molecule has 3 rings (SSSR count). The molecule has 0 atom stereocenters. The van der Waals surface area contributed by atoms with Crippen molar-refractivity contribution in [2.45, 2.75) is 35.3 Å². The first-order valence-corrected chi connectivity index (χ1v) is 7.33. The molecule has 1 aromatic rings. The Morgan fingerprint density at radius 1 is 1.17 bits per heavy atom. The van der Waals surface area contributed by atoms with Crippen LogP contribution in [-0.2, 0) is 9.84 Å². The van der Waals surface area contributed by atoms with E-state index in [0.717, 1.165) is 25.0 Å². The second-order valence-corrected chi connectivity index (χ2v) is 7.68. The van der Waals surface area contributed by atoms with Crippen molar-refractivity contribution in [2.24, 2.45) is 5.41 Å². The minimum absolute atomic E-state index is 0.0425. The number of sulfone groups is 1. The third-order valence-electron chi connectivity index (χ3n) is 4.12. The van der Waals surface area contributed by atoms with Crippen molar-refractivity contribution in [3.8, 4) is 6.07 Å². The molecular weight excluding hydrogens is 253 g/mol. The van der Waals surface area contributed by atoms with Gasteiger partial charge in [-0.1, -0.05) is 0 Å². The highest BCUT2D eigenvalue weighted by Crippen LogP contribution is 2.67. The van der Waals surface area contributed by atoms with E-state index in [-0.39, 0.29) is 10.3 Å². The lowest BCUT2D eigenvalue weighted by Gasteiger charge is -2.42. The lowest BCUT2D eigenvalue weighted by Crippen LogP contribution is -2.50. The van der Waals surface area contributed by atoms with Crippen LogP contribution in [0.3, 0.4) is 0 Å². The molecule has 0 saturated heterocycles. The van der Waals surface area contributed by atoms with E-state index in [9.17, 15) is 18.1 Å². The number of nitrogens with zero attached hydrogens (tertiary/aromatic N) is 1. The lowest BCUT2D eigenvalue weighted by atomic mass is 9.72. The van der Waals surface area contributed by atoms with Crippen molar-refractivity contribution < 1.29 is 12.8 Å². The Hall–Kier alpha value is -1.41. The quantitative estimate of drug-likeness (QED) is 0.772. The maximum Gasteiger partial charge on any atom is 0.197 e. The summed E-state index contributed by atoms with van der Waals surface area (Å²) in [6, 6.07) is 6.69. The summed E-state index contributed by atoms with van der Waals surface area (Å²) in [6.45, 7) is 0. The van der Waals surface area contributed by atoms with Gasteiger partial charge in [0.1, 0.15) is 5.82 Å². The van der Waals surface area contributed by atoms with E-state index < -0.39 is 20.4 Å². The summed E-state index contributed by atoms with van der Waals surface area (Å²) in [5.74, 6) is -0.479. The monoisotopic (exact) mass is 265 g/mol. The molecule has 1 aromatic carbocycles. The fourth-order valence-corrected chi connectivity index (χ4v) is 4.92. The van der Waals surface area contributed by atoms with Crippen LogP contribution in [0.5, 0.6) is 0 Å². The molecule has 2 aliphatic rings. The van der Waals surface area contributed by atoms with Gasteiger partial charge in [0.25, 0.3) is 0 Å². The van der Waals surface area contributed by atoms with Gasteiger partial charge in [-0.15, -0.1) is 0 Å². The van der Waals surface area contributed by atoms with E-state index in [1.807, 2.05) is 6.07 Å². The van der Waals surface area contributed by atoms with Gasteiger partial charge in [0, 0.05) is 0 Å².